The average Bonchev–Trinajstić information content (AvgIpc) is 3.29. The van der Waals surface area contributed by atoms with Crippen LogP contribution in [0.4, 0.5) is 0 Å². The predicted octanol–water partition coefficient (Wildman–Crippen LogP) is 5.80. The number of hydrogen-bond donors (Lipinski definition) is 0. The molecule has 2 saturated carbocycles. The van der Waals surface area contributed by atoms with Crippen molar-refractivity contribution in [1.29, 1.82) is 0 Å². The maximum atomic E-state index is 2.44. The van der Waals surface area contributed by atoms with Gasteiger partial charge in [0.1, 0.15) is 7.05 Å². The molecule has 2 aliphatic rings. The average molecular weight is 321 g/mol. The van der Waals surface area contributed by atoms with Crippen LogP contribution in [0.15, 0.2) is 36.5 Å². The molecule has 1 heteroatoms. The van der Waals surface area contributed by atoms with Crippen LogP contribution < -0.4 is 4.57 Å². The second-order valence-corrected chi connectivity index (χ2v) is 8.00. The zero-order valence-corrected chi connectivity index (χ0v) is 15.2. The van der Waals surface area contributed by atoms with Gasteiger partial charge in [-0.1, -0.05) is 37.8 Å². The highest BCUT2D eigenvalue weighted by atomic mass is 14.9. The number of benzene rings is 1. The number of rotatable bonds is 3. The van der Waals surface area contributed by atoms with Gasteiger partial charge in [0.15, 0.2) is 6.20 Å². The fourth-order valence-corrected chi connectivity index (χ4v) is 4.90. The van der Waals surface area contributed by atoms with E-state index in [0.29, 0.717) is 0 Å². The Balaban J connectivity index is 1.63. The van der Waals surface area contributed by atoms with Crippen molar-refractivity contribution in [2.75, 3.05) is 0 Å². The van der Waals surface area contributed by atoms with E-state index >= 15 is 0 Å². The number of nitrogens with zero attached hydrogens (tertiary/aromatic N) is 1. The lowest BCUT2D eigenvalue weighted by atomic mass is 9.92. The van der Waals surface area contributed by atoms with Crippen molar-refractivity contribution in [3.05, 3.63) is 53.2 Å². The van der Waals surface area contributed by atoms with Gasteiger partial charge in [0.2, 0.25) is 5.69 Å². The van der Waals surface area contributed by atoms with Crippen molar-refractivity contribution in [1.82, 2.24) is 0 Å². The highest BCUT2D eigenvalue weighted by Crippen LogP contribution is 2.36. The molecular weight excluding hydrogens is 290 g/mol. The first-order chi connectivity index (χ1) is 11.7. The van der Waals surface area contributed by atoms with E-state index in [0.717, 1.165) is 11.8 Å². The Labute approximate surface area is 146 Å². The summed E-state index contributed by atoms with van der Waals surface area (Å²) in [6.07, 6.45) is 13.5. The normalized spacial score (nSPS) is 19.2. The Morgan fingerprint density at radius 3 is 1.96 bits per heavy atom. The second-order valence-electron chi connectivity index (χ2n) is 8.00. The van der Waals surface area contributed by atoms with Crippen LogP contribution in [0.1, 0.15) is 79.9 Å². The zero-order chi connectivity index (χ0) is 16.5. The highest BCUT2D eigenvalue weighted by Gasteiger charge is 2.22. The van der Waals surface area contributed by atoms with Gasteiger partial charge in [-0.15, -0.1) is 0 Å². The zero-order valence-electron chi connectivity index (χ0n) is 15.2. The molecule has 126 valence electrons. The van der Waals surface area contributed by atoms with Crippen molar-refractivity contribution in [3.8, 4) is 11.3 Å². The minimum atomic E-state index is 0.788. The molecule has 1 aromatic carbocycles. The van der Waals surface area contributed by atoms with Gasteiger partial charge in [-0.05, 0) is 67.7 Å². The summed E-state index contributed by atoms with van der Waals surface area (Å²) >= 11 is 0. The smallest absolute Gasteiger partial charge is 0.201 e. The molecule has 0 N–H and O–H groups in total. The molecule has 0 bridgehead atoms. The van der Waals surface area contributed by atoms with Crippen molar-refractivity contribution >= 4 is 0 Å². The van der Waals surface area contributed by atoms with E-state index in [-0.39, 0.29) is 0 Å². The molecule has 2 aromatic rings. The lowest BCUT2D eigenvalue weighted by Crippen LogP contribution is -2.31. The van der Waals surface area contributed by atoms with Crippen molar-refractivity contribution in [3.63, 3.8) is 0 Å². The first-order valence-electron chi connectivity index (χ1n) is 9.83. The lowest BCUT2D eigenvalue weighted by molar-refractivity contribution is -0.660. The van der Waals surface area contributed by atoms with Crippen LogP contribution >= 0.6 is 0 Å². The van der Waals surface area contributed by atoms with Crippen molar-refractivity contribution in [2.24, 2.45) is 7.05 Å². The summed E-state index contributed by atoms with van der Waals surface area (Å²) in [5.74, 6) is 1.59. The summed E-state index contributed by atoms with van der Waals surface area (Å²) in [7, 11) is 2.21. The summed E-state index contributed by atoms with van der Waals surface area (Å²) in [4.78, 5) is 0. The van der Waals surface area contributed by atoms with Crippen molar-refractivity contribution < 1.29 is 4.57 Å². The maximum absolute atomic E-state index is 2.44. The first-order valence-corrected chi connectivity index (χ1v) is 9.83. The second kappa shape index (κ2) is 6.70. The fraction of sp³-hybridized carbons (Fsp3) is 0.522. The van der Waals surface area contributed by atoms with Gasteiger partial charge >= 0.3 is 0 Å². The lowest BCUT2D eigenvalue weighted by Gasteiger charge is -2.13. The molecule has 2 fully saturated rings. The Morgan fingerprint density at radius 1 is 0.792 bits per heavy atom. The van der Waals surface area contributed by atoms with Gasteiger partial charge < -0.3 is 0 Å². The van der Waals surface area contributed by atoms with Crippen LogP contribution in [0, 0.1) is 6.92 Å². The molecule has 1 nitrogen and oxygen atoms in total. The van der Waals surface area contributed by atoms with Gasteiger partial charge in [0.25, 0.3) is 0 Å². The van der Waals surface area contributed by atoms with Crippen LogP contribution in [-0.4, -0.2) is 0 Å². The summed E-state index contributed by atoms with van der Waals surface area (Å²) < 4.78 is 2.34. The van der Waals surface area contributed by atoms with E-state index in [1.54, 1.807) is 5.56 Å². The molecule has 0 radical (unpaired) electrons. The molecule has 0 amide bonds. The van der Waals surface area contributed by atoms with E-state index in [2.05, 4.69) is 55.1 Å². The fourth-order valence-electron chi connectivity index (χ4n) is 4.90. The molecule has 0 saturated heterocycles. The van der Waals surface area contributed by atoms with Crippen molar-refractivity contribution in [2.45, 2.75) is 70.1 Å². The van der Waals surface area contributed by atoms with Gasteiger partial charge in [0, 0.05) is 17.2 Å². The summed E-state index contributed by atoms with van der Waals surface area (Å²) in [5.41, 5.74) is 7.23. The third kappa shape index (κ3) is 3.01. The third-order valence-electron chi connectivity index (χ3n) is 6.34. The number of aromatic nitrogens is 1. The van der Waals surface area contributed by atoms with E-state index in [4.69, 9.17) is 0 Å². The maximum Gasteiger partial charge on any atom is 0.212 e. The van der Waals surface area contributed by atoms with E-state index in [1.165, 1.54) is 73.8 Å². The monoisotopic (exact) mass is 320 g/mol. The number of aryl methyl sites for hydroxylation is 2. The largest absolute Gasteiger partial charge is 0.212 e. The Bertz CT molecular complexity index is 655. The number of pyridine rings is 1. The summed E-state index contributed by atoms with van der Waals surface area (Å²) in [6, 6.07) is 11.9. The molecule has 0 unspecified atom stereocenters. The summed E-state index contributed by atoms with van der Waals surface area (Å²) in [6.45, 7) is 2.28. The topological polar surface area (TPSA) is 3.88 Å². The standard InChI is InChI=1S/C23H30N/c1-17-15-20(18-7-3-4-8-18)11-13-22(17)23-14-12-21(16-24(23)2)19-9-5-6-10-19/h11-16,18-19H,3-10H2,1-2H3/q+1. The molecule has 1 heterocycles. The van der Waals surface area contributed by atoms with E-state index in [1.807, 2.05) is 0 Å². The van der Waals surface area contributed by atoms with Gasteiger partial charge in [-0.3, -0.25) is 0 Å². The molecule has 2 aliphatic carbocycles. The Morgan fingerprint density at radius 2 is 1.38 bits per heavy atom. The third-order valence-corrected chi connectivity index (χ3v) is 6.34. The minimum Gasteiger partial charge on any atom is -0.201 e. The van der Waals surface area contributed by atoms with Gasteiger partial charge in [-0.2, -0.15) is 0 Å². The molecule has 1 aromatic heterocycles. The minimum absolute atomic E-state index is 0.788. The van der Waals surface area contributed by atoms with Crippen LogP contribution in [0.3, 0.4) is 0 Å². The van der Waals surface area contributed by atoms with Crippen LogP contribution in [0.2, 0.25) is 0 Å². The quantitative estimate of drug-likeness (QED) is 0.629. The molecule has 0 spiro atoms. The SMILES string of the molecule is Cc1cc(C2CCCC2)ccc1-c1ccc(C2CCCC2)c[n+]1C. The van der Waals surface area contributed by atoms with E-state index < -0.39 is 0 Å². The van der Waals surface area contributed by atoms with Crippen LogP contribution in [0.5, 0.6) is 0 Å². The molecule has 4 rings (SSSR count). The highest BCUT2D eigenvalue weighted by molar-refractivity contribution is 5.62. The molecular formula is C23H30N+. The molecule has 24 heavy (non-hydrogen) atoms. The Kier molecular flexibility index (Phi) is 4.43. The summed E-state index contributed by atoms with van der Waals surface area (Å²) in [5, 5.41) is 0. The first kappa shape index (κ1) is 15.9. The predicted molar refractivity (Wildman–Crippen MR) is 100 cm³/mol. The van der Waals surface area contributed by atoms with E-state index in [9.17, 15) is 0 Å². The van der Waals surface area contributed by atoms with Crippen LogP contribution in [-0.2, 0) is 7.05 Å². The number of hydrogen-bond acceptors (Lipinski definition) is 0. The van der Waals surface area contributed by atoms with Gasteiger partial charge in [0.05, 0.1) is 0 Å². The molecule has 0 aliphatic heterocycles. The van der Waals surface area contributed by atoms with Gasteiger partial charge in [-0.25, -0.2) is 4.57 Å². The van der Waals surface area contributed by atoms with Crippen LogP contribution in [0.25, 0.3) is 11.3 Å². The molecule has 0 atom stereocenters. The Hall–Kier alpha value is -1.63.